The molecule has 1 atom stereocenters. The highest BCUT2D eigenvalue weighted by atomic mass is 16.2. The van der Waals surface area contributed by atoms with Crippen LogP contribution in [0.3, 0.4) is 0 Å². The second-order valence-corrected chi connectivity index (χ2v) is 5.70. The van der Waals surface area contributed by atoms with Crippen molar-refractivity contribution in [3.05, 3.63) is 48.3 Å². The summed E-state index contributed by atoms with van der Waals surface area (Å²) in [5.74, 6) is 0.0786. The number of carbonyl (C=O) groups is 2. The predicted octanol–water partition coefficient (Wildman–Crippen LogP) is 1.89. The number of nitrogens with zero attached hydrogens (tertiary/aromatic N) is 3. The number of nitrogens with one attached hydrogen (secondary N) is 1. The van der Waals surface area contributed by atoms with Crippen LogP contribution in [0.1, 0.15) is 31.4 Å². The van der Waals surface area contributed by atoms with Crippen LogP contribution in [-0.2, 0) is 16.1 Å². The van der Waals surface area contributed by atoms with Crippen molar-refractivity contribution in [1.82, 2.24) is 15.1 Å². The minimum Gasteiger partial charge on any atom is -0.350 e. The summed E-state index contributed by atoms with van der Waals surface area (Å²) in [5, 5.41) is 6.99. The van der Waals surface area contributed by atoms with E-state index in [9.17, 15) is 9.59 Å². The van der Waals surface area contributed by atoms with Crippen molar-refractivity contribution in [2.24, 2.45) is 0 Å². The van der Waals surface area contributed by atoms with Gasteiger partial charge in [-0.15, -0.1) is 0 Å². The lowest BCUT2D eigenvalue weighted by atomic mass is 10.2. The van der Waals surface area contributed by atoms with Gasteiger partial charge in [-0.2, -0.15) is 5.10 Å². The molecule has 6 heteroatoms. The smallest absolute Gasteiger partial charge is 0.244 e. The van der Waals surface area contributed by atoms with Crippen LogP contribution in [0.25, 0.3) is 0 Å². The molecule has 0 radical (unpaired) electrons. The summed E-state index contributed by atoms with van der Waals surface area (Å²) in [6, 6.07) is 9.19. The largest absolute Gasteiger partial charge is 0.350 e. The molecule has 0 bridgehead atoms. The molecule has 0 saturated carbocycles. The van der Waals surface area contributed by atoms with Gasteiger partial charge in [-0.3, -0.25) is 14.3 Å². The van der Waals surface area contributed by atoms with Crippen LogP contribution in [0.5, 0.6) is 0 Å². The molecule has 1 aliphatic rings. The average Bonchev–Trinajstić information content (AvgIpc) is 3.23. The van der Waals surface area contributed by atoms with E-state index in [2.05, 4.69) is 10.4 Å². The third-order valence-electron chi connectivity index (χ3n) is 4.06. The van der Waals surface area contributed by atoms with E-state index in [0.29, 0.717) is 13.0 Å². The number of hydrogen-bond acceptors (Lipinski definition) is 3. The average molecular weight is 312 g/mol. The molecule has 0 aliphatic carbocycles. The topological polar surface area (TPSA) is 67.2 Å². The Hall–Kier alpha value is -2.63. The molecule has 1 N–H and O–H groups in total. The quantitative estimate of drug-likeness (QED) is 0.917. The van der Waals surface area contributed by atoms with Crippen LogP contribution >= 0.6 is 0 Å². The van der Waals surface area contributed by atoms with Crippen molar-refractivity contribution in [3.8, 4) is 0 Å². The molecular formula is C17H20N4O2. The van der Waals surface area contributed by atoms with Gasteiger partial charge in [0, 0.05) is 37.6 Å². The van der Waals surface area contributed by atoms with Gasteiger partial charge in [0.1, 0.15) is 6.04 Å². The van der Waals surface area contributed by atoms with E-state index < -0.39 is 0 Å². The third kappa shape index (κ3) is 3.41. The molecular weight excluding hydrogens is 292 g/mol. The van der Waals surface area contributed by atoms with Gasteiger partial charge in [0.25, 0.3) is 0 Å². The van der Waals surface area contributed by atoms with Crippen molar-refractivity contribution >= 4 is 17.5 Å². The molecule has 120 valence electrons. The summed E-state index contributed by atoms with van der Waals surface area (Å²) in [6.45, 7) is 3.01. The van der Waals surface area contributed by atoms with Crippen LogP contribution in [0.15, 0.2) is 42.7 Å². The summed E-state index contributed by atoms with van der Waals surface area (Å²) in [7, 11) is 0. The number of aromatic nitrogens is 2. The van der Waals surface area contributed by atoms with E-state index >= 15 is 0 Å². The Morgan fingerprint density at radius 2 is 2.26 bits per heavy atom. The maximum absolute atomic E-state index is 12.2. The maximum Gasteiger partial charge on any atom is 0.244 e. The zero-order valence-electron chi connectivity index (χ0n) is 13.1. The maximum atomic E-state index is 12.2. The van der Waals surface area contributed by atoms with Gasteiger partial charge >= 0.3 is 0 Å². The fourth-order valence-corrected chi connectivity index (χ4v) is 2.72. The Morgan fingerprint density at radius 1 is 1.39 bits per heavy atom. The molecule has 1 unspecified atom stereocenters. The van der Waals surface area contributed by atoms with E-state index in [4.69, 9.17) is 0 Å². The fourth-order valence-electron chi connectivity index (χ4n) is 2.72. The summed E-state index contributed by atoms with van der Waals surface area (Å²) in [6.07, 6.45) is 4.94. The Balaban J connectivity index is 1.62. The Kier molecular flexibility index (Phi) is 4.41. The molecule has 0 spiro atoms. The SMILES string of the molecule is CC(C(=O)NCc1cccc(N2CCCC2=O)c1)n1cccn1. The molecule has 23 heavy (non-hydrogen) atoms. The van der Waals surface area contributed by atoms with Crippen molar-refractivity contribution in [2.75, 3.05) is 11.4 Å². The van der Waals surface area contributed by atoms with E-state index in [-0.39, 0.29) is 17.9 Å². The number of hydrogen-bond donors (Lipinski definition) is 1. The number of anilines is 1. The molecule has 3 rings (SSSR count). The number of amides is 2. The summed E-state index contributed by atoms with van der Waals surface area (Å²) >= 11 is 0. The molecule has 1 fully saturated rings. The normalized spacial score (nSPS) is 15.7. The van der Waals surface area contributed by atoms with Crippen molar-refractivity contribution in [3.63, 3.8) is 0 Å². The number of carbonyl (C=O) groups excluding carboxylic acids is 2. The number of benzene rings is 1. The lowest BCUT2D eigenvalue weighted by Crippen LogP contribution is -2.31. The number of rotatable bonds is 5. The van der Waals surface area contributed by atoms with Crippen LogP contribution in [0.4, 0.5) is 5.69 Å². The first-order chi connectivity index (χ1) is 11.1. The summed E-state index contributed by atoms with van der Waals surface area (Å²) < 4.78 is 1.62. The van der Waals surface area contributed by atoms with Crippen LogP contribution < -0.4 is 10.2 Å². The molecule has 6 nitrogen and oxygen atoms in total. The molecule has 2 amide bonds. The van der Waals surface area contributed by atoms with E-state index in [1.54, 1.807) is 28.0 Å². The van der Waals surface area contributed by atoms with Gasteiger partial charge in [-0.25, -0.2) is 0 Å². The van der Waals surface area contributed by atoms with Crippen LogP contribution in [0.2, 0.25) is 0 Å². The molecule has 1 saturated heterocycles. The fraction of sp³-hybridized carbons (Fsp3) is 0.353. The minimum atomic E-state index is -0.353. The van der Waals surface area contributed by atoms with Crippen LogP contribution in [0, 0.1) is 0 Å². The lowest BCUT2D eigenvalue weighted by molar-refractivity contribution is -0.124. The van der Waals surface area contributed by atoms with Gasteiger partial charge in [-0.05, 0) is 37.1 Å². The third-order valence-corrected chi connectivity index (χ3v) is 4.06. The van der Waals surface area contributed by atoms with E-state index in [1.807, 2.05) is 31.2 Å². The van der Waals surface area contributed by atoms with E-state index in [1.165, 1.54) is 0 Å². The predicted molar refractivity (Wildman–Crippen MR) is 86.8 cm³/mol. The summed E-state index contributed by atoms with van der Waals surface area (Å²) in [4.78, 5) is 25.8. The van der Waals surface area contributed by atoms with Gasteiger partial charge in [-0.1, -0.05) is 12.1 Å². The standard InChI is InChI=1S/C17H20N4O2/c1-13(21-10-4-8-19-21)17(23)18-12-14-5-2-6-15(11-14)20-9-3-7-16(20)22/h2,4-6,8,10-11,13H,3,7,9,12H2,1H3,(H,18,23). The second kappa shape index (κ2) is 6.64. The highest BCUT2D eigenvalue weighted by Gasteiger charge is 2.21. The molecule has 1 aromatic heterocycles. The first-order valence-corrected chi connectivity index (χ1v) is 7.81. The molecule has 2 heterocycles. The Labute approximate surface area is 135 Å². The van der Waals surface area contributed by atoms with Crippen molar-refractivity contribution in [1.29, 1.82) is 0 Å². The van der Waals surface area contributed by atoms with Crippen molar-refractivity contribution in [2.45, 2.75) is 32.4 Å². The summed E-state index contributed by atoms with van der Waals surface area (Å²) in [5.41, 5.74) is 1.88. The molecule has 2 aromatic rings. The minimum absolute atomic E-state index is 0.0867. The first-order valence-electron chi connectivity index (χ1n) is 7.81. The Morgan fingerprint density at radius 3 is 2.96 bits per heavy atom. The first kappa shape index (κ1) is 15.3. The zero-order chi connectivity index (χ0) is 16.2. The lowest BCUT2D eigenvalue weighted by Gasteiger charge is -2.17. The molecule has 1 aliphatic heterocycles. The second-order valence-electron chi connectivity index (χ2n) is 5.70. The van der Waals surface area contributed by atoms with Crippen LogP contribution in [-0.4, -0.2) is 28.1 Å². The Bertz CT molecular complexity index is 696. The van der Waals surface area contributed by atoms with Gasteiger partial charge in [0.05, 0.1) is 0 Å². The highest BCUT2D eigenvalue weighted by Crippen LogP contribution is 2.22. The monoisotopic (exact) mass is 312 g/mol. The molecule has 1 aromatic carbocycles. The van der Waals surface area contributed by atoms with E-state index in [0.717, 1.165) is 24.2 Å². The highest BCUT2D eigenvalue weighted by molar-refractivity contribution is 5.95. The van der Waals surface area contributed by atoms with Gasteiger partial charge < -0.3 is 10.2 Å². The van der Waals surface area contributed by atoms with Gasteiger partial charge in [0.2, 0.25) is 11.8 Å². The van der Waals surface area contributed by atoms with Gasteiger partial charge in [0.15, 0.2) is 0 Å². The zero-order valence-corrected chi connectivity index (χ0v) is 13.1. The van der Waals surface area contributed by atoms with Crippen molar-refractivity contribution < 1.29 is 9.59 Å².